The lowest BCUT2D eigenvalue weighted by Gasteiger charge is -2.19. The molecule has 0 spiro atoms. The predicted octanol–water partition coefficient (Wildman–Crippen LogP) is 4.04. The minimum atomic E-state index is -0.326. The van der Waals surface area contributed by atoms with E-state index in [9.17, 15) is 4.39 Å². The van der Waals surface area contributed by atoms with E-state index in [-0.39, 0.29) is 11.9 Å². The van der Waals surface area contributed by atoms with Gasteiger partial charge in [-0.1, -0.05) is 6.07 Å². The average molecular weight is 403 g/mol. The molecule has 0 bridgehead atoms. The summed E-state index contributed by atoms with van der Waals surface area (Å²) in [6, 6.07) is 8.76. The zero-order valence-corrected chi connectivity index (χ0v) is 17.1. The van der Waals surface area contributed by atoms with Gasteiger partial charge in [0.05, 0.1) is 18.9 Å². The molecule has 0 aliphatic heterocycles. The number of hydrogen-bond donors (Lipinski definition) is 2. The number of hydrogen-bond acceptors (Lipinski definition) is 4. The molecule has 3 rings (SSSR count). The zero-order chi connectivity index (χ0) is 20.5. The Labute approximate surface area is 171 Å². The topological polar surface area (TPSA) is 68.0 Å². The van der Waals surface area contributed by atoms with Crippen molar-refractivity contribution in [2.75, 3.05) is 26.8 Å². The van der Waals surface area contributed by atoms with Crippen LogP contribution in [0.1, 0.15) is 43.6 Å². The third-order valence-electron chi connectivity index (χ3n) is 4.79. The largest absolute Gasteiger partial charge is 0.490 e. The molecule has 1 aliphatic carbocycles. The molecule has 6 nitrogen and oxygen atoms in total. The Bertz CT molecular complexity index is 776. The van der Waals surface area contributed by atoms with Crippen LogP contribution in [0.25, 0.3) is 0 Å². The summed E-state index contributed by atoms with van der Waals surface area (Å²) < 4.78 is 30.6. The Morgan fingerprint density at radius 2 is 2.21 bits per heavy atom. The van der Waals surface area contributed by atoms with Crippen LogP contribution < -0.4 is 15.4 Å². The summed E-state index contributed by atoms with van der Waals surface area (Å²) in [5.74, 6) is 2.08. The van der Waals surface area contributed by atoms with Crippen molar-refractivity contribution in [2.24, 2.45) is 10.9 Å². The third-order valence-corrected chi connectivity index (χ3v) is 4.79. The van der Waals surface area contributed by atoms with E-state index in [4.69, 9.17) is 13.9 Å². The van der Waals surface area contributed by atoms with Crippen molar-refractivity contribution in [3.05, 3.63) is 53.7 Å². The van der Waals surface area contributed by atoms with Crippen LogP contribution in [-0.4, -0.2) is 32.8 Å². The molecule has 1 unspecified atom stereocenters. The first-order chi connectivity index (χ1) is 14.2. The molecule has 7 heteroatoms. The van der Waals surface area contributed by atoms with Gasteiger partial charge in [0.15, 0.2) is 17.5 Å². The highest BCUT2D eigenvalue weighted by Crippen LogP contribution is 2.30. The SMILES string of the molecule is CN=C(NCCCOCc1ccco1)NC(C)c1ccc(OCC2CC2)c(F)c1. The van der Waals surface area contributed by atoms with E-state index >= 15 is 0 Å². The molecule has 1 saturated carbocycles. The summed E-state index contributed by atoms with van der Waals surface area (Å²) in [5, 5.41) is 6.53. The van der Waals surface area contributed by atoms with Crippen LogP contribution in [0.15, 0.2) is 46.0 Å². The van der Waals surface area contributed by atoms with Crippen molar-refractivity contribution >= 4 is 5.96 Å². The van der Waals surface area contributed by atoms with Crippen molar-refractivity contribution in [3.8, 4) is 5.75 Å². The lowest BCUT2D eigenvalue weighted by molar-refractivity contribution is 0.105. The molecule has 1 atom stereocenters. The number of nitrogens with one attached hydrogen (secondary N) is 2. The second kappa shape index (κ2) is 10.9. The van der Waals surface area contributed by atoms with Gasteiger partial charge in [0.1, 0.15) is 12.4 Å². The number of ether oxygens (including phenoxy) is 2. The third kappa shape index (κ3) is 7.09. The fourth-order valence-corrected chi connectivity index (χ4v) is 2.83. The second-order valence-electron chi connectivity index (χ2n) is 7.29. The molecular formula is C22H30FN3O3. The molecule has 0 saturated heterocycles. The molecule has 0 radical (unpaired) electrons. The lowest BCUT2D eigenvalue weighted by Crippen LogP contribution is -2.39. The number of nitrogens with zero attached hydrogens (tertiary/aromatic N) is 1. The minimum Gasteiger partial charge on any atom is -0.490 e. The van der Waals surface area contributed by atoms with Crippen LogP contribution in [0.2, 0.25) is 0 Å². The first-order valence-electron chi connectivity index (χ1n) is 10.1. The smallest absolute Gasteiger partial charge is 0.191 e. The maximum absolute atomic E-state index is 14.3. The zero-order valence-electron chi connectivity index (χ0n) is 17.1. The number of halogens is 1. The summed E-state index contributed by atoms with van der Waals surface area (Å²) in [4.78, 5) is 4.23. The van der Waals surface area contributed by atoms with Crippen LogP contribution in [0, 0.1) is 11.7 Å². The van der Waals surface area contributed by atoms with E-state index in [0.717, 1.165) is 17.7 Å². The van der Waals surface area contributed by atoms with Gasteiger partial charge in [-0.15, -0.1) is 0 Å². The van der Waals surface area contributed by atoms with E-state index in [1.807, 2.05) is 25.1 Å². The maximum Gasteiger partial charge on any atom is 0.191 e. The molecule has 1 aromatic heterocycles. The van der Waals surface area contributed by atoms with E-state index in [1.54, 1.807) is 19.4 Å². The van der Waals surface area contributed by atoms with Gasteiger partial charge >= 0.3 is 0 Å². The van der Waals surface area contributed by atoms with Gasteiger partial charge in [-0.2, -0.15) is 0 Å². The number of aliphatic imine (C=N–C) groups is 1. The molecule has 1 aliphatic rings. The molecule has 29 heavy (non-hydrogen) atoms. The summed E-state index contributed by atoms with van der Waals surface area (Å²) in [5.41, 5.74) is 0.839. The maximum atomic E-state index is 14.3. The van der Waals surface area contributed by atoms with Gasteiger partial charge < -0.3 is 24.5 Å². The van der Waals surface area contributed by atoms with E-state index in [2.05, 4.69) is 15.6 Å². The molecule has 158 valence electrons. The summed E-state index contributed by atoms with van der Waals surface area (Å²) in [6.07, 6.45) is 4.83. The first kappa shape index (κ1) is 21.2. The molecular weight excluding hydrogens is 373 g/mol. The van der Waals surface area contributed by atoms with Crippen molar-refractivity contribution in [1.29, 1.82) is 0 Å². The Hall–Kier alpha value is -2.54. The molecule has 0 amide bonds. The number of rotatable bonds is 11. The van der Waals surface area contributed by atoms with Crippen LogP contribution >= 0.6 is 0 Å². The fourth-order valence-electron chi connectivity index (χ4n) is 2.83. The molecule has 2 aromatic rings. The van der Waals surface area contributed by atoms with Crippen molar-refractivity contribution in [1.82, 2.24) is 10.6 Å². The number of furan rings is 1. The van der Waals surface area contributed by atoms with Crippen LogP contribution in [-0.2, 0) is 11.3 Å². The van der Waals surface area contributed by atoms with Crippen molar-refractivity contribution in [2.45, 2.75) is 38.8 Å². The Kier molecular flexibility index (Phi) is 7.93. The highest BCUT2D eigenvalue weighted by molar-refractivity contribution is 5.80. The van der Waals surface area contributed by atoms with Crippen LogP contribution in [0.4, 0.5) is 4.39 Å². The summed E-state index contributed by atoms with van der Waals surface area (Å²) in [6.45, 7) is 4.38. The summed E-state index contributed by atoms with van der Waals surface area (Å²) in [7, 11) is 1.71. The Morgan fingerprint density at radius 1 is 1.34 bits per heavy atom. The molecule has 1 aromatic carbocycles. The lowest BCUT2D eigenvalue weighted by atomic mass is 10.1. The van der Waals surface area contributed by atoms with E-state index < -0.39 is 0 Å². The number of guanidine groups is 1. The quantitative estimate of drug-likeness (QED) is 0.337. The highest BCUT2D eigenvalue weighted by atomic mass is 19.1. The van der Waals surface area contributed by atoms with E-state index in [0.29, 0.717) is 44.0 Å². The molecule has 1 fully saturated rings. The van der Waals surface area contributed by atoms with Crippen molar-refractivity contribution < 1.29 is 18.3 Å². The van der Waals surface area contributed by atoms with Crippen LogP contribution in [0.3, 0.4) is 0 Å². The van der Waals surface area contributed by atoms with Gasteiger partial charge in [0, 0.05) is 20.2 Å². The summed E-state index contributed by atoms with van der Waals surface area (Å²) >= 11 is 0. The van der Waals surface area contributed by atoms with Gasteiger partial charge in [-0.05, 0) is 61.9 Å². The normalized spacial score (nSPS) is 15.2. The van der Waals surface area contributed by atoms with Crippen LogP contribution in [0.5, 0.6) is 5.75 Å². The van der Waals surface area contributed by atoms with Gasteiger partial charge in [0.2, 0.25) is 0 Å². The number of benzene rings is 1. The van der Waals surface area contributed by atoms with E-state index in [1.165, 1.54) is 18.9 Å². The fraction of sp³-hybridized carbons (Fsp3) is 0.500. The predicted molar refractivity (Wildman–Crippen MR) is 111 cm³/mol. The van der Waals surface area contributed by atoms with Gasteiger partial charge in [0.25, 0.3) is 0 Å². The monoisotopic (exact) mass is 403 g/mol. The van der Waals surface area contributed by atoms with Gasteiger partial charge in [-0.3, -0.25) is 4.99 Å². The Morgan fingerprint density at radius 3 is 2.90 bits per heavy atom. The minimum absolute atomic E-state index is 0.0941. The highest BCUT2D eigenvalue weighted by Gasteiger charge is 2.22. The van der Waals surface area contributed by atoms with Crippen molar-refractivity contribution in [3.63, 3.8) is 0 Å². The first-order valence-corrected chi connectivity index (χ1v) is 10.1. The second-order valence-corrected chi connectivity index (χ2v) is 7.29. The Balaban J connectivity index is 1.37. The van der Waals surface area contributed by atoms with Gasteiger partial charge in [-0.25, -0.2) is 4.39 Å². The average Bonchev–Trinajstić information content (AvgIpc) is 3.41. The standard InChI is InChI=1S/C22H30FN3O3/c1-16(18-8-9-21(20(23)13-18)29-14-17-6-7-17)26-22(24-2)25-10-4-11-27-15-19-5-3-12-28-19/h3,5,8-9,12-13,16-17H,4,6-7,10-11,14-15H2,1-2H3,(H2,24,25,26). The molecule has 2 N–H and O–H groups in total. The molecule has 1 heterocycles.